The highest BCUT2D eigenvalue weighted by molar-refractivity contribution is 7.99. The number of aromatic nitrogens is 5. The van der Waals surface area contributed by atoms with E-state index in [1.807, 2.05) is 0 Å². The summed E-state index contributed by atoms with van der Waals surface area (Å²) in [5, 5.41) is 9.49. The number of carboxylic acid groups (broad SMARTS) is 1. The molecule has 3 aromatic heterocycles. The molecule has 0 aliphatic rings. The number of aromatic carboxylic acids is 1. The molecule has 2 N–H and O–H groups in total. The molecule has 3 aromatic rings. The molecule has 0 radical (unpaired) electrons. The first kappa shape index (κ1) is 10.7. The highest BCUT2D eigenvalue weighted by Crippen LogP contribution is 2.28. The molecule has 3 heterocycles. The van der Waals surface area contributed by atoms with E-state index >= 15 is 0 Å². The van der Waals surface area contributed by atoms with Gasteiger partial charge in [-0.3, -0.25) is 0 Å². The fourth-order valence-electron chi connectivity index (χ4n) is 1.31. The second kappa shape index (κ2) is 4.11. The summed E-state index contributed by atoms with van der Waals surface area (Å²) in [5.41, 5.74) is 1.03. The van der Waals surface area contributed by atoms with E-state index in [0.717, 1.165) is 18.0 Å². The van der Waals surface area contributed by atoms with E-state index in [1.54, 1.807) is 0 Å². The minimum absolute atomic E-state index is 0.146. The SMILES string of the molecule is O=C(O)c1coc(Sc2ncnc3nc[nH]c23)n1. The van der Waals surface area contributed by atoms with Crippen molar-refractivity contribution in [1.82, 2.24) is 24.9 Å². The number of oxazole rings is 1. The van der Waals surface area contributed by atoms with Crippen LogP contribution in [0.15, 0.2) is 33.6 Å². The largest absolute Gasteiger partial charge is 0.476 e. The number of nitrogens with zero attached hydrogens (tertiary/aromatic N) is 4. The molecule has 0 aliphatic heterocycles. The number of nitrogens with one attached hydrogen (secondary N) is 1. The summed E-state index contributed by atoms with van der Waals surface area (Å²) in [5.74, 6) is -1.14. The number of hydrogen-bond acceptors (Lipinski definition) is 7. The third-order valence-corrected chi connectivity index (χ3v) is 2.94. The van der Waals surface area contributed by atoms with Gasteiger partial charge < -0.3 is 14.5 Å². The smallest absolute Gasteiger partial charge is 0.357 e. The van der Waals surface area contributed by atoms with Gasteiger partial charge in [0.25, 0.3) is 5.22 Å². The Morgan fingerprint density at radius 2 is 2.28 bits per heavy atom. The Hall–Kier alpha value is -2.42. The first-order valence-corrected chi connectivity index (χ1v) is 5.56. The molecule has 0 atom stereocenters. The minimum Gasteiger partial charge on any atom is -0.476 e. The lowest BCUT2D eigenvalue weighted by molar-refractivity contribution is 0.0690. The number of carbonyl (C=O) groups is 1. The van der Waals surface area contributed by atoms with Crippen LogP contribution in [0.5, 0.6) is 0 Å². The zero-order valence-electron chi connectivity index (χ0n) is 8.69. The van der Waals surface area contributed by atoms with E-state index in [4.69, 9.17) is 9.52 Å². The van der Waals surface area contributed by atoms with Gasteiger partial charge in [0.2, 0.25) is 0 Å². The normalized spacial score (nSPS) is 10.9. The Morgan fingerprint density at radius 3 is 3.06 bits per heavy atom. The number of fused-ring (bicyclic) bond motifs is 1. The van der Waals surface area contributed by atoms with Crippen LogP contribution in [0.4, 0.5) is 0 Å². The molecule has 8 nitrogen and oxygen atoms in total. The molecule has 0 bridgehead atoms. The van der Waals surface area contributed by atoms with Crippen molar-refractivity contribution in [3.8, 4) is 0 Å². The number of aromatic amines is 1. The summed E-state index contributed by atoms with van der Waals surface area (Å²) < 4.78 is 5.03. The van der Waals surface area contributed by atoms with Crippen molar-refractivity contribution >= 4 is 28.9 Å². The van der Waals surface area contributed by atoms with E-state index in [9.17, 15) is 4.79 Å². The molecule has 9 heteroatoms. The van der Waals surface area contributed by atoms with Crippen LogP contribution in [0, 0.1) is 0 Å². The van der Waals surface area contributed by atoms with E-state index in [-0.39, 0.29) is 10.9 Å². The van der Waals surface area contributed by atoms with Gasteiger partial charge in [0, 0.05) is 0 Å². The van der Waals surface area contributed by atoms with Gasteiger partial charge in [-0.1, -0.05) is 0 Å². The van der Waals surface area contributed by atoms with Gasteiger partial charge in [0.1, 0.15) is 23.1 Å². The number of hydrogen-bond donors (Lipinski definition) is 2. The average molecular weight is 263 g/mol. The maximum absolute atomic E-state index is 10.7. The quantitative estimate of drug-likeness (QED) is 0.676. The van der Waals surface area contributed by atoms with Gasteiger partial charge in [0.15, 0.2) is 11.3 Å². The Bertz CT molecular complexity index is 722. The van der Waals surface area contributed by atoms with Crippen molar-refractivity contribution in [2.45, 2.75) is 10.2 Å². The summed E-state index contributed by atoms with van der Waals surface area (Å²) in [6, 6.07) is 0. The number of imidazole rings is 1. The van der Waals surface area contributed by atoms with Gasteiger partial charge >= 0.3 is 5.97 Å². The molecule has 0 aromatic carbocycles. The Kier molecular flexibility index (Phi) is 2.45. The highest BCUT2D eigenvalue weighted by Gasteiger charge is 2.14. The molecule has 3 rings (SSSR count). The summed E-state index contributed by atoms with van der Waals surface area (Å²) in [6.07, 6.45) is 3.95. The van der Waals surface area contributed by atoms with E-state index in [0.29, 0.717) is 16.2 Å². The zero-order valence-corrected chi connectivity index (χ0v) is 9.51. The molecule has 0 amide bonds. The van der Waals surface area contributed by atoms with Crippen molar-refractivity contribution in [2.24, 2.45) is 0 Å². The highest BCUT2D eigenvalue weighted by atomic mass is 32.2. The van der Waals surface area contributed by atoms with Gasteiger partial charge in [-0.2, -0.15) is 4.98 Å². The topological polar surface area (TPSA) is 118 Å². The molecule has 0 saturated heterocycles. The van der Waals surface area contributed by atoms with Crippen molar-refractivity contribution in [3.63, 3.8) is 0 Å². The molecule has 90 valence electrons. The van der Waals surface area contributed by atoms with E-state index < -0.39 is 5.97 Å². The van der Waals surface area contributed by atoms with Crippen LogP contribution in [0.3, 0.4) is 0 Å². The summed E-state index contributed by atoms with van der Waals surface area (Å²) in [4.78, 5) is 29.4. The molecular weight excluding hydrogens is 258 g/mol. The summed E-state index contributed by atoms with van der Waals surface area (Å²) in [7, 11) is 0. The lowest BCUT2D eigenvalue weighted by Gasteiger charge is -1.96. The van der Waals surface area contributed by atoms with Crippen molar-refractivity contribution in [2.75, 3.05) is 0 Å². The third kappa shape index (κ3) is 1.80. The van der Waals surface area contributed by atoms with Gasteiger partial charge in [-0.15, -0.1) is 0 Å². The van der Waals surface area contributed by atoms with Gasteiger partial charge in [-0.25, -0.2) is 19.7 Å². The average Bonchev–Trinajstić information content (AvgIpc) is 2.97. The maximum atomic E-state index is 10.7. The minimum atomic E-state index is -1.14. The predicted molar refractivity (Wildman–Crippen MR) is 59.3 cm³/mol. The fourth-order valence-corrected chi connectivity index (χ4v) is 2.06. The molecule has 18 heavy (non-hydrogen) atoms. The zero-order chi connectivity index (χ0) is 12.5. The molecule has 0 saturated carbocycles. The van der Waals surface area contributed by atoms with Crippen LogP contribution in [0.1, 0.15) is 10.5 Å². The van der Waals surface area contributed by atoms with Crippen LogP contribution in [-0.2, 0) is 0 Å². The molecule has 0 fully saturated rings. The van der Waals surface area contributed by atoms with Crippen LogP contribution in [0.25, 0.3) is 11.2 Å². The standard InChI is InChI=1S/C9H5N5O3S/c15-8(16)4-1-17-9(14-4)18-7-5-6(11-2-10-5)12-3-13-7/h1-3H,(H,15,16)(H,10,11,12,13). The first-order chi connectivity index (χ1) is 8.74. The lowest BCUT2D eigenvalue weighted by Crippen LogP contribution is -1.95. The van der Waals surface area contributed by atoms with Gasteiger partial charge in [0.05, 0.1) is 6.33 Å². The first-order valence-electron chi connectivity index (χ1n) is 4.75. The third-order valence-electron chi connectivity index (χ3n) is 2.07. The second-order valence-corrected chi connectivity index (χ2v) is 4.13. The molecular formula is C9H5N5O3S. The fraction of sp³-hybridized carbons (Fsp3) is 0. The Balaban J connectivity index is 1.96. The number of rotatable bonds is 3. The molecule has 0 spiro atoms. The Labute approximate surface area is 103 Å². The summed E-state index contributed by atoms with van der Waals surface area (Å²) in [6.45, 7) is 0. The lowest BCUT2D eigenvalue weighted by atomic mass is 10.5. The maximum Gasteiger partial charge on any atom is 0.357 e. The van der Waals surface area contributed by atoms with Crippen molar-refractivity contribution in [3.05, 3.63) is 24.6 Å². The number of carboxylic acids is 1. The number of H-pyrrole nitrogens is 1. The van der Waals surface area contributed by atoms with Crippen LogP contribution >= 0.6 is 11.8 Å². The van der Waals surface area contributed by atoms with Crippen molar-refractivity contribution in [1.29, 1.82) is 0 Å². The molecule has 0 aliphatic carbocycles. The van der Waals surface area contributed by atoms with Crippen LogP contribution < -0.4 is 0 Å². The monoisotopic (exact) mass is 263 g/mol. The van der Waals surface area contributed by atoms with Crippen LogP contribution in [0.2, 0.25) is 0 Å². The molecule has 0 unspecified atom stereocenters. The van der Waals surface area contributed by atoms with E-state index in [2.05, 4.69) is 24.9 Å². The predicted octanol–water partition coefficient (Wildman–Crippen LogP) is 1.19. The van der Waals surface area contributed by atoms with E-state index in [1.165, 1.54) is 12.7 Å². The van der Waals surface area contributed by atoms with Crippen molar-refractivity contribution < 1.29 is 14.3 Å². The summed E-state index contributed by atoms with van der Waals surface area (Å²) >= 11 is 1.10. The van der Waals surface area contributed by atoms with Gasteiger partial charge in [-0.05, 0) is 11.8 Å². The van der Waals surface area contributed by atoms with Crippen LogP contribution in [-0.4, -0.2) is 36.0 Å². The second-order valence-electron chi connectivity index (χ2n) is 3.19. The Morgan fingerprint density at radius 1 is 1.39 bits per heavy atom.